The van der Waals surface area contributed by atoms with Gasteiger partial charge in [0.05, 0.1) is 0 Å². The van der Waals surface area contributed by atoms with Crippen molar-refractivity contribution in [1.29, 1.82) is 0 Å². The molecule has 0 aromatic carbocycles. The predicted octanol–water partition coefficient (Wildman–Crippen LogP) is 2.49. The molecule has 0 amide bonds. The number of rotatable bonds is 5. The molecule has 2 aliphatic rings. The minimum Gasteiger partial charge on any atom is -0.311 e. The van der Waals surface area contributed by atoms with Crippen LogP contribution in [0.25, 0.3) is 0 Å². The van der Waals surface area contributed by atoms with Crippen LogP contribution in [0.1, 0.15) is 46.5 Å². The van der Waals surface area contributed by atoms with Crippen LogP contribution >= 0.6 is 0 Å². The van der Waals surface area contributed by atoms with Crippen LogP contribution in [0.2, 0.25) is 0 Å². The number of nitrogens with one attached hydrogen (secondary N) is 1. The molecule has 0 radical (unpaired) electrons. The van der Waals surface area contributed by atoms with Gasteiger partial charge in [-0.3, -0.25) is 4.90 Å². The van der Waals surface area contributed by atoms with E-state index in [0.29, 0.717) is 0 Å². The molecule has 1 aliphatic heterocycles. The van der Waals surface area contributed by atoms with E-state index in [2.05, 4.69) is 31.0 Å². The highest BCUT2D eigenvalue weighted by atomic mass is 15.2. The molecule has 16 heavy (non-hydrogen) atoms. The monoisotopic (exact) mass is 224 g/mol. The van der Waals surface area contributed by atoms with Crippen LogP contribution in [0.5, 0.6) is 0 Å². The van der Waals surface area contributed by atoms with E-state index < -0.39 is 0 Å². The Balaban J connectivity index is 1.87. The molecule has 2 nitrogen and oxygen atoms in total. The van der Waals surface area contributed by atoms with Gasteiger partial charge in [0.25, 0.3) is 0 Å². The van der Waals surface area contributed by atoms with E-state index >= 15 is 0 Å². The van der Waals surface area contributed by atoms with E-state index in [1.165, 1.54) is 45.3 Å². The largest absolute Gasteiger partial charge is 0.311 e. The predicted molar refractivity (Wildman–Crippen MR) is 69.6 cm³/mol. The lowest BCUT2D eigenvalue weighted by molar-refractivity contribution is 0.107. The lowest BCUT2D eigenvalue weighted by Gasteiger charge is -2.41. The van der Waals surface area contributed by atoms with Gasteiger partial charge in [-0.15, -0.1) is 0 Å². The molecule has 1 aliphatic carbocycles. The molecule has 2 heteroatoms. The lowest BCUT2D eigenvalue weighted by Crippen LogP contribution is -2.57. The van der Waals surface area contributed by atoms with Crippen molar-refractivity contribution in [1.82, 2.24) is 10.2 Å². The Morgan fingerprint density at radius 1 is 1.31 bits per heavy atom. The van der Waals surface area contributed by atoms with E-state index in [1.54, 1.807) is 0 Å². The van der Waals surface area contributed by atoms with Crippen LogP contribution in [0, 0.1) is 11.8 Å². The quantitative estimate of drug-likeness (QED) is 0.772. The van der Waals surface area contributed by atoms with Gasteiger partial charge >= 0.3 is 0 Å². The van der Waals surface area contributed by atoms with Crippen LogP contribution < -0.4 is 5.32 Å². The van der Waals surface area contributed by atoms with Gasteiger partial charge in [-0.25, -0.2) is 0 Å². The first-order valence-electron chi connectivity index (χ1n) is 7.16. The van der Waals surface area contributed by atoms with Crippen molar-refractivity contribution in [3.8, 4) is 0 Å². The van der Waals surface area contributed by atoms with Gasteiger partial charge in [-0.1, -0.05) is 20.8 Å². The second kappa shape index (κ2) is 5.50. The van der Waals surface area contributed by atoms with Gasteiger partial charge in [0.15, 0.2) is 0 Å². The number of piperazine rings is 1. The van der Waals surface area contributed by atoms with Gasteiger partial charge in [0.2, 0.25) is 0 Å². The van der Waals surface area contributed by atoms with Crippen molar-refractivity contribution < 1.29 is 0 Å². The van der Waals surface area contributed by atoms with Gasteiger partial charge in [0, 0.05) is 31.7 Å². The van der Waals surface area contributed by atoms with Gasteiger partial charge in [-0.2, -0.15) is 0 Å². The number of nitrogens with zero attached hydrogens (tertiary/aromatic N) is 1. The van der Waals surface area contributed by atoms with Crippen molar-refractivity contribution in [2.45, 2.75) is 58.5 Å². The third kappa shape index (κ3) is 3.46. The third-order valence-corrected chi connectivity index (χ3v) is 4.04. The van der Waals surface area contributed by atoms with Crippen molar-refractivity contribution in [2.75, 3.05) is 19.6 Å². The topological polar surface area (TPSA) is 15.3 Å². The first kappa shape index (κ1) is 12.4. The summed E-state index contributed by atoms with van der Waals surface area (Å²) in [7, 11) is 0. The summed E-state index contributed by atoms with van der Waals surface area (Å²) in [5, 5.41) is 3.71. The smallest absolute Gasteiger partial charge is 0.0223 e. The average Bonchev–Trinajstić information content (AvgIpc) is 3.04. The maximum atomic E-state index is 3.71. The van der Waals surface area contributed by atoms with Crippen molar-refractivity contribution in [3.63, 3.8) is 0 Å². The Morgan fingerprint density at radius 2 is 2.06 bits per heavy atom. The highest BCUT2D eigenvalue weighted by molar-refractivity contribution is 4.89. The average molecular weight is 224 g/mol. The van der Waals surface area contributed by atoms with Crippen LogP contribution in [-0.4, -0.2) is 36.6 Å². The van der Waals surface area contributed by atoms with E-state index in [4.69, 9.17) is 0 Å². The summed E-state index contributed by atoms with van der Waals surface area (Å²) in [6, 6.07) is 1.53. The van der Waals surface area contributed by atoms with E-state index in [9.17, 15) is 0 Å². The summed E-state index contributed by atoms with van der Waals surface area (Å²) in [5.74, 6) is 1.86. The van der Waals surface area contributed by atoms with Gasteiger partial charge in [-0.05, 0) is 37.5 Å². The van der Waals surface area contributed by atoms with Crippen LogP contribution in [-0.2, 0) is 0 Å². The summed E-state index contributed by atoms with van der Waals surface area (Å²) in [6.07, 6.45) is 5.59. The summed E-state index contributed by atoms with van der Waals surface area (Å²) in [4.78, 5) is 2.78. The molecule has 1 saturated carbocycles. The molecule has 2 fully saturated rings. The molecule has 1 heterocycles. The zero-order valence-corrected chi connectivity index (χ0v) is 11.2. The minimum atomic E-state index is 0.738. The van der Waals surface area contributed by atoms with E-state index in [0.717, 1.165) is 23.9 Å². The molecule has 0 aromatic heterocycles. The SMILES string of the molecule is CCC1CN(CC2CC2)C(CC(C)C)CN1. The normalized spacial score (nSPS) is 32.2. The maximum Gasteiger partial charge on any atom is 0.0223 e. The summed E-state index contributed by atoms with van der Waals surface area (Å²) in [5.41, 5.74) is 0. The van der Waals surface area contributed by atoms with Crippen molar-refractivity contribution in [2.24, 2.45) is 11.8 Å². The molecule has 2 unspecified atom stereocenters. The minimum absolute atomic E-state index is 0.738. The molecule has 1 N–H and O–H groups in total. The summed E-state index contributed by atoms with van der Waals surface area (Å²) < 4.78 is 0. The Kier molecular flexibility index (Phi) is 4.26. The first-order chi connectivity index (χ1) is 7.69. The third-order valence-electron chi connectivity index (χ3n) is 4.04. The van der Waals surface area contributed by atoms with Gasteiger partial charge < -0.3 is 5.32 Å². The zero-order valence-electron chi connectivity index (χ0n) is 11.2. The molecular formula is C14H28N2. The molecule has 0 aromatic rings. The molecule has 94 valence electrons. The van der Waals surface area contributed by atoms with Crippen molar-refractivity contribution in [3.05, 3.63) is 0 Å². The van der Waals surface area contributed by atoms with Crippen LogP contribution in [0.3, 0.4) is 0 Å². The lowest BCUT2D eigenvalue weighted by atomic mass is 9.98. The fraction of sp³-hybridized carbons (Fsp3) is 1.00. The fourth-order valence-corrected chi connectivity index (χ4v) is 2.83. The molecule has 1 saturated heterocycles. The van der Waals surface area contributed by atoms with E-state index in [1.807, 2.05) is 0 Å². The van der Waals surface area contributed by atoms with Crippen molar-refractivity contribution >= 4 is 0 Å². The van der Waals surface area contributed by atoms with Gasteiger partial charge in [0.1, 0.15) is 0 Å². The second-order valence-electron chi connectivity index (χ2n) is 6.19. The van der Waals surface area contributed by atoms with E-state index in [-0.39, 0.29) is 0 Å². The molecule has 2 rings (SSSR count). The maximum absolute atomic E-state index is 3.71. The number of hydrogen-bond donors (Lipinski definition) is 1. The molecular weight excluding hydrogens is 196 g/mol. The molecule has 2 atom stereocenters. The fourth-order valence-electron chi connectivity index (χ4n) is 2.83. The zero-order chi connectivity index (χ0) is 11.5. The Morgan fingerprint density at radius 3 is 2.62 bits per heavy atom. The first-order valence-corrected chi connectivity index (χ1v) is 7.16. The molecule has 0 spiro atoms. The second-order valence-corrected chi connectivity index (χ2v) is 6.19. The highest BCUT2D eigenvalue weighted by Gasteiger charge is 2.32. The Hall–Kier alpha value is -0.0800. The summed E-state index contributed by atoms with van der Waals surface area (Å²) >= 11 is 0. The molecule has 0 bridgehead atoms. The Labute approximate surface area is 101 Å². The van der Waals surface area contributed by atoms with Crippen LogP contribution in [0.4, 0.5) is 0 Å². The van der Waals surface area contributed by atoms with Crippen LogP contribution in [0.15, 0.2) is 0 Å². The standard InChI is InChI=1S/C14H28N2/c1-4-13-10-16(9-12-5-6-12)14(8-15-13)7-11(2)3/h11-15H,4-10H2,1-3H3. The summed E-state index contributed by atoms with van der Waals surface area (Å²) in [6.45, 7) is 10.9. The Bertz CT molecular complexity index is 211. The highest BCUT2D eigenvalue weighted by Crippen LogP contribution is 2.31. The number of hydrogen-bond acceptors (Lipinski definition) is 2.